The molecular formula is C13H19N3O. The van der Waals surface area contributed by atoms with Gasteiger partial charge in [0.1, 0.15) is 0 Å². The first-order valence-electron chi connectivity index (χ1n) is 6.33. The van der Waals surface area contributed by atoms with Gasteiger partial charge in [0, 0.05) is 12.1 Å². The van der Waals surface area contributed by atoms with Crippen molar-refractivity contribution >= 4 is 11.5 Å². The lowest BCUT2D eigenvalue weighted by Gasteiger charge is -2.24. The van der Waals surface area contributed by atoms with Gasteiger partial charge in [-0.25, -0.2) is 0 Å². The lowest BCUT2D eigenvalue weighted by atomic mass is 9.95. The quantitative estimate of drug-likeness (QED) is 0.840. The Labute approximate surface area is 102 Å². The molecule has 3 unspecified atom stereocenters. The Balaban J connectivity index is 1.76. The van der Waals surface area contributed by atoms with Crippen molar-refractivity contribution in [1.29, 1.82) is 0 Å². The highest BCUT2D eigenvalue weighted by molar-refractivity contribution is 5.62. The van der Waals surface area contributed by atoms with E-state index in [1.165, 1.54) is 25.7 Å². The number of methoxy groups -OCH3 is 1. The van der Waals surface area contributed by atoms with Gasteiger partial charge < -0.3 is 15.8 Å². The fourth-order valence-electron chi connectivity index (χ4n) is 3.28. The summed E-state index contributed by atoms with van der Waals surface area (Å²) in [5.74, 6) is 3.13. The second-order valence-electron chi connectivity index (χ2n) is 5.22. The van der Waals surface area contributed by atoms with Crippen LogP contribution in [0.15, 0.2) is 12.1 Å². The number of fused-ring (bicyclic) bond motifs is 2. The zero-order valence-corrected chi connectivity index (χ0v) is 10.1. The molecule has 0 aromatic carbocycles. The first-order chi connectivity index (χ1) is 8.26. The molecule has 92 valence electrons. The number of nitrogens with zero attached hydrogens (tertiary/aromatic N) is 1. The normalized spacial score (nSPS) is 30.5. The highest BCUT2D eigenvalue weighted by Crippen LogP contribution is 2.45. The molecule has 4 nitrogen and oxygen atoms in total. The van der Waals surface area contributed by atoms with E-state index in [-0.39, 0.29) is 0 Å². The zero-order valence-electron chi connectivity index (χ0n) is 10.1. The van der Waals surface area contributed by atoms with Gasteiger partial charge in [-0.15, -0.1) is 0 Å². The number of ether oxygens (including phenoxy) is 1. The molecule has 3 rings (SSSR count). The van der Waals surface area contributed by atoms with Crippen molar-refractivity contribution in [3.05, 3.63) is 12.1 Å². The molecule has 0 saturated heterocycles. The van der Waals surface area contributed by atoms with Crippen LogP contribution in [0.3, 0.4) is 0 Å². The van der Waals surface area contributed by atoms with Crippen LogP contribution in [0.2, 0.25) is 0 Å². The van der Waals surface area contributed by atoms with E-state index in [1.54, 1.807) is 13.2 Å². The first kappa shape index (κ1) is 10.7. The van der Waals surface area contributed by atoms with Crippen molar-refractivity contribution < 1.29 is 4.74 Å². The number of nitrogens with two attached hydrogens (primary N) is 1. The van der Waals surface area contributed by atoms with Crippen molar-refractivity contribution in [2.24, 2.45) is 11.8 Å². The van der Waals surface area contributed by atoms with Crippen LogP contribution < -0.4 is 15.8 Å². The van der Waals surface area contributed by atoms with Crippen molar-refractivity contribution in [2.75, 3.05) is 18.2 Å². The van der Waals surface area contributed by atoms with Gasteiger partial charge in [-0.05, 0) is 37.2 Å². The molecule has 4 heteroatoms. The van der Waals surface area contributed by atoms with Crippen LogP contribution in [0.5, 0.6) is 5.88 Å². The van der Waals surface area contributed by atoms with E-state index >= 15 is 0 Å². The molecule has 1 aromatic heterocycles. The molecule has 1 heterocycles. The van der Waals surface area contributed by atoms with Gasteiger partial charge in [-0.2, -0.15) is 4.98 Å². The second kappa shape index (κ2) is 4.09. The summed E-state index contributed by atoms with van der Waals surface area (Å²) in [6.45, 7) is 0. The molecule has 3 atom stereocenters. The van der Waals surface area contributed by atoms with E-state index in [4.69, 9.17) is 10.5 Å². The van der Waals surface area contributed by atoms with Crippen LogP contribution in [-0.4, -0.2) is 18.1 Å². The molecule has 1 aromatic rings. The summed E-state index contributed by atoms with van der Waals surface area (Å²) in [6.07, 6.45) is 5.40. The molecule has 17 heavy (non-hydrogen) atoms. The summed E-state index contributed by atoms with van der Waals surface area (Å²) in [6, 6.07) is 4.19. The molecule has 0 radical (unpaired) electrons. The largest absolute Gasteiger partial charge is 0.481 e. The van der Waals surface area contributed by atoms with Gasteiger partial charge in [0.05, 0.1) is 12.8 Å². The summed E-state index contributed by atoms with van der Waals surface area (Å²) in [5.41, 5.74) is 6.64. The Morgan fingerprint density at radius 2 is 2.24 bits per heavy atom. The molecule has 2 aliphatic carbocycles. The third kappa shape index (κ3) is 1.92. The molecule has 2 aliphatic rings. The number of anilines is 2. The van der Waals surface area contributed by atoms with Crippen LogP contribution >= 0.6 is 0 Å². The maximum Gasteiger partial charge on any atom is 0.215 e. The molecule has 2 bridgehead atoms. The monoisotopic (exact) mass is 233 g/mol. The summed E-state index contributed by atoms with van der Waals surface area (Å²) >= 11 is 0. The van der Waals surface area contributed by atoms with E-state index < -0.39 is 0 Å². The van der Waals surface area contributed by atoms with Gasteiger partial charge in [-0.3, -0.25) is 0 Å². The van der Waals surface area contributed by atoms with Crippen LogP contribution in [0.4, 0.5) is 11.5 Å². The summed E-state index contributed by atoms with van der Waals surface area (Å²) < 4.78 is 5.13. The fraction of sp³-hybridized carbons (Fsp3) is 0.615. The number of aromatic nitrogens is 1. The molecular weight excluding hydrogens is 214 g/mol. The minimum atomic E-state index is 0.552. The number of hydrogen-bond acceptors (Lipinski definition) is 4. The fourth-order valence-corrected chi connectivity index (χ4v) is 3.28. The van der Waals surface area contributed by atoms with Crippen molar-refractivity contribution in [2.45, 2.75) is 31.7 Å². The number of nitrogens with one attached hydrogen (secondary N) is 1. The summed E-state index contributed by atoms with van der Waals surface area (Å²) in [7, 11) is 1.62. The predicted molar refractivity (Wildman–Crippen MR) is 68.1 cm³/mol. The van der Waals surface area contributed by atoms with Crippen molar-refractivity contribution in [1.82, 2.24) is 4.98 Å². The SMILES string of the molecule is COc1ccc(N)c(NC2CC3CCC2C3)n1. The average Bonchev–Trinajstić information content (AvgIpc) is 2.94. The summed E-state index contributed by atoms with van der Waals surface area (Å²) in [4.78, 5) is 4.38. The van der Waals surface area contributed by atoms with E-state index in [9.17, 15) is 0 Å². The maximum absolute atomic E-state index is 5.94. The Kier molecular flexibility index (Phi) is 2.57. The number of nitrogen functional groups attached to an aromatic ring is 1. The van der Waals surface area contributed by atoms with Gasteiger partial charge in [-0.1, -0.05) is 6.42 Å². The standard InChI is InChI=1S/C13H19N3O/c1-17-12-5-4-10(14)13(16-12)15-11-7-8-2-3-9(11)6-8/h4-5,8-9,11H,2-3,6-7,14H2,1H3,(H,15,16). The Bertz CT molecular complexity index is 421. The Hall–Kier alpha value is -1.45. The Morgan fingerprint density at radius 1 is 1.35 bits per heavy atom. The van der Waals surface area contributed by atoms with Crippen LogP contribution in [0.1, 0.15) is 25.7 Å². The van der Waals surface area contributed by atoms with E-state index in [0.29, 0.717) is 17.6 Å². The maximum atomic E-state index is 5.94. The minimum Gasteiger partial charge on any atom is -0.481 e. The van der Waals surface area contributed by atoms with E-state index in [0.717, 1.165) is 17.7 Å². The first-order valence-corrected chi connectivity index (χ1v) is 6.33. The molecule has 0 aliphatic heterocycles. The van der Waals surface area contributed by atoms with Crippen LogP contribution in [0.25, 0.3) is 0 Å². The topological polar surface area (TPSA) is 60.2 Å². The van der Waals surface area contributed by atoms with Crippen molar-refractivity contribution in [3.8, 4) is 5.88 Å². The third-order valence-corrected chi connectivity index (χ3v) is 4.17. The molecule has 0 spiro atoms. The molecule has 2 saturated carbocycles. The number of hydrogen-bond donors (Lipinski definition) is 2. The van der Waals surface area contributed by atoms with Gasteiger partial charge in [0.15, 0.2) is 5.82 Å². The smallest absolute Gasteiger partial charge is 0.215 e. The van der Waals surface area contributed by atoms with Gasteiger partial charge in [0.25, 0.3) is 0 Å². The van der Waals surface area contributed by atoms with Crippen LogP contribution in [-0.2, 0) is 0 Å². The highest BCUT2D eigenvalue weighted by Gasteiger charge is 2.39. The predicted octanol–water partition coefficient (Wildman–Crippen LogP) is 2.27. The zero-order chi connectivity index (χ0) is 11.8. The highest BCUT2D eigenvalue weighted by atomic mass is 16.5. The summed E-state index contributed by atoms with van der Waals surface area (Å²) in [5, 5.41) is 3.50. The van der Waals surface area contributed by atoms with Gasteiger partial charge in [0.2, 0.25) is 5.88 Å². The van der Waals surface area contributed by atoms with Crippen LogP contribution in [0, 0.1) is 11.8 Å². The second-order valence-corrected chi connectivity index (χ2v) is 5.22. The number of rotatable bonds is 3. The average molecular weight is 233 g/mol. The van der Waals surface area contributed by atoms with Crippen molar-refractivity contribution in [3.63, 3.8) is 0 Å². The lowest BCUT2D eigenvalue weighted by Crippen LogP contribution is -2.26. The molecule has 2 fully saturated rings. The third-order valence-electron chi connectivity index (χ3n) is 4.17. The van der Waals surface area contributed by atoms with Gasteiger partial charge >= 0.3 is 0 Å². The Morgan fingerprint density at radius 3 is 2.88 bits per heavy atom. The van der Waals surface area contributed by atoms with E-state index in [2.05, 4.69) is 10.3 Å². The number of pyridine rings is 1. The lowest BCUT2D eigenvalue weighted by molar-refractivity contribution is 0.397. The minimum absolute atomic E-state index is 0.552. The molecule has 0 amide bonds. The molecule has 3 N–H and O–H groups in total. The van der Waals surface area contributed by atoms with E-state index in [1.807, 2.05) is 6.07 Å².